The molecule has 0 bridgehead atoms. The van der Waals surface area contributed by atoms with Crippen molar-refractivity contribution in [3.8, 4) is 0 Å². The number of aliphatic hydroxyl groups is 5. The number of hydrogen-bond donors (Lipinski definition) is 6. The molecular formula is C50H97F2NO8. The number of aliphatic hydroxyl groups excluding tert-OH is 5. The number of hydrogen-bond acceptors (Lipinski definition) is 8. The summed E-state index contributed by atoms with van der Waals surface area (Å²) < 4.78 is 42.4. The maximum atomic E-state index is 15.8. The van der Waals surface area contributed by atoms with Crippen LogP contribution in [-0.4, -0.2) is 93.4 Å². The van der Waals surface area contributed by atoms with Gasteiger partial charge in [0.1, 0.15) is 36.6 Å². The Morgan fingerprint density at radius 2 is 0.902 bits per heavy atom. The van der Waals surface area contributed by atoms with Gasteiger partial charge in [0.2, 0.25) is 5.91 Å². The molecule has 0 aromatic rings. The van der Waals surface area contributed by atoms with Crippen molar-refractivity contribution in [3.05, 3.63) is 0 Å². The number of carbonyl (C=O) groups excluding carboxylic acids is 1. The largest absolute Gasteiger partial charge is 0.394 e. The second-order valence-electron chi connectivity index (χ2n) is 18.5. The molecular weight excluding hydrogens is 781 g/mol. The molecule has 11 heteroatoms. The summed E-state index contributed by atoms with van der Waals surface area (Å²) in [6, 6.07) is -1.93. The maximum Gasteiger partial charge on any atom is 0.295 e. The van der Waals surface area contributed by atoms with E-state index >= 15 is 8.78 Å². The summed E-state index contributed by atoms with van der Waals surface area (Å²) in [5.41, 5.74) is 0. The summed E-state index contributed by atoms with van der Waals surface area (Å²) in [5, 5.41) is 53.2. The monoisotopic (exact) mass is 878 g/mol. The number of amides is 1. The minimum atomic E-state index is -3.76. The van der Waals surface area contributed by atoms with Crippen LogP contribution >= 0.6 is 0 Å². The third kappa shape index (κ3) is 29.3. The number of alkyl halides is 2. The standard InChI is InChI=1S/C50H97F2NO8/c1-3-5-7-9-11-13-15-17-18-19-20-21-22-23-24-25-26-27-29-31-33-35-37-39-45(56)53-43(41-60-49-48(59)47(58)46(57)42(40-54)61-49)50(51,52)44(55)38-36-34-32-30-28-16-14-12-10-8-6-4-2/h42-44,46-49,54-55,57-59H,3-41H2,1-2H3,(H,53,56)/t42-,43+,44-,46+,47+,48-,49+/m1/s1. The fourth-order valence-electron chi connectivity index (χ4n) is 8.59. The summed E-state index contributed by atoms with van der Waals surface area (Å²) in [5.74, 6) is -4.34. The topological polar surface area (TPSA) is 149 Å². The molecule has 0 spiro atoms. The second-order valence-corrected chi connectivity index (χ2v) is 18.5. The van der Waals surface area contributed by atoms with Gasteiger partial charge >= 0.3 is 0 Å². The molecule has 0 aromatic heterocycles. The lowest BCUT2D eigenvalue weighted by Gasteiger charge is -2.40. The summed E-state index contributed by atoms with van der Waals surface area (Å²) in [6.45, 7) is 2.97. The van der Waals surface area contributed by atoms with Gasteiger partial charge in [0.05, 0.1) is 13.2 Å². The van der Waals surface area contributed by atoms with Gasteiger partial charge in [-0.1, -0.05) is 232 Å². The molecule has 1 saturated heterocycles. The van der Waals surface area contributed by atoms with E-state index in [1.807, 2.05) is 0 Å². The van der Waals surface area contributed by atoms with Gasteiger partial charge in [-0.05, 0) is 12.8 Å². The van der Waals surface area contributed by atoms with Gasteiger partial charge in [0.15, 0.2) is 6.29 Å². The maximum absolute atomic E-state index is 15.8. The van der Waals surface area contributed by atoms with Crippen LogP contribution in [0.1, 0.15) is 251 Å². The van der Waals surface area contributed by atoms with Gasteiger partial charge in [-0.3, -0.25) is 4.79 Å². The number of carbonyl (C=O) groups is 1. The number of ether oxygens (including phenoxy) is 2. The molecule has 0 aliphatic carbocycles. The van der Waals surface area contributed by atoms with Crippen molar-refractivity contribution in [3.63, 3.8) is 0 Å². The molecule has 61 heavy (non-hydrogen) atoms. The van der Waals surface area contributed by atoms with Crippen LogP contribution < -0.4 is 5.32 Å². The Morgan fingerprint density at radius 3 is 1.26 bits per heavy atom. The Labute approximate surface area is 372 Å². The molecule has 0 saturated carbocycles. The molecule has 9 nitrogen and oxygen atoms in total. The van der Waals surface area contributed by atoms with Gasteiger partial charge in [0, 0.05) is 6.42 Å². The van der Waals surface area contributed by atoms with Crippen LogP contribution in [0.3, 0.4) is 0 Å². The lowest BCUT2D eigenvalue weighted by atomic mass is 9.97. The van der Waals surface area contributed by atoms with Crippen molar-refractivity contribution in [1.82, 2.24) is 5.32 Å². The van der Waals surface area contributed by atoms with Crippen molar-refractivity contribution in [2.24, 2.45) is 0 Å². The molecule has 1 aliphatic rings. The zero-order valence-corrected chi connectivity index (χ0v) is 39.3. The van der Waals surface area contributed by atoms with Crippen molar-refractivity contribution in [2.45, 2.75) is 300 Å². The smallest absolute Gasteiger partial charge is 0.295 e. The van der Waals surface area contributed by atoms with Crippen LogP contribution in [0.4, 0.5) is 8.78 Å². The predicted octanol–water partition coefficient (Wildman–Crippen LogP) is 11.8. The minimum absolute atomic E-state index is 0.0562. The zero-order valence-electron chi connectivity index (χ0n) is 39.3. The first kappa shape index (κ1) is 58.1. The van der Waals surface area contributed by atoms with Crippen LogP contribution in [-0.2, 0) is 14.3 Å². The SMILES string of the molecule is CCCCCCCCCCCCCCCCCCCCCCCCCC(=O)N[C@@H](CO[C@H]1O[C@H](CO)[C@H](O)[C@H](O)[C@H]1O)C(F)(F)[C@H](O)CCCCCCCCCCCCCC. The average molecular weight is 878 g/mol. The quantitative estimate of drug-likeness (QED) is 0.0331. The van der Waals surface area contributed by atoms with Crippen LogP contribution in [0.25, 0.3) is 0 Å². The summed E-state index contributed by atoms with van der Waals surface area (Å²) in [4.78, 5) is 13.0. The normalized spacial score (nSPS) is 20.6. The molecule has 364 valence electrons. The molecule has 1 heterocycles. The number of rotatable bonds is 44. The summed E-state index contributed by atoms with van der Waals surface area (Å²) in [7, 11) is 0. The van der Waals surface area contributed by atoms with E-state index in [4.69, 9.17) is 9.47 Å². The molecule has 1 aliphatic heterocycles. The third-order valence-corrected chi connectivity index (χ3v) is 12.9. The first-order chi connectivity index (χ1) is 29.6. The second kappa shape index (κ2) is 39.4. The first-order valence-electron chi connectivity index (χ1n) is 25.9. The summed E-state index contributed by atoms with van der Waals surface area (Å²) in [6.07, 6.45) is 32.0. The average Bonchev–Trinajstić information content (AvgIpc) is 3.25. The van der Waals surface area contributed by atoms with Crippen LogP contribution in [0, 0.1) is 0 Å². The Kier molecular flexibility index (Phi) is 37.5. The molecule has 1 amide bonds. The lowest BCUT2D eigenvalue weighted by molar-refractivity contribution is -0.305. The Balaban J connectivity index is 2.32. The molecule has 7 atom stereocenters. The Hall–Kier alpha value is -0.950. The van der Waals surface area contributed by atoms with Crippen LogP contribution in [0.5, 0.6) is 0 Å². The highest BCUT2D eigenvalue weighted by atomic mass is 19.3. The lowest BCUT2D eigenvalue weighted by Crippen LogP contribution is -2.61. The number of nitrogens with one attached hydrogen (secondary N) is 1. The first-order valence-corrected chi connectivity index (χ1v) is 25.9. The van der Waals surface area contributed by atoms with Gasteiger partial charge in [0.25, 0.3) is 5.92 Å². The molecule has 1 fully saturated rings. The van der Waals surface area contributed by atoms with Crippen molar-refractivity contribution in [1.29, 1.82) is 0 Å². The highest BCUT2D eigenvalue weighted by molar-refractivity contribution is 5.76. The van der Waals surface area contributed by atoms with E-state index in [9.17, 15) is 30.3 Å². The van der Waals surface area contributed by atoms with E-state index in [1.54, 1.807) is 0 Å². The molecule has 1 rings (SSSR count). The van der Waals surface area contributed by atoms with E-state index in [0.29, 0.717) is 12.8 Å². The van der Waals surface area contributed by atoms with Crippen LogP contribution in [0.2, 0.25) is 0 Å². The number of halogens is 2. The molecule has 0 unspecified atom stereocenters. The van der Waals surface area contributed by atoms with E-state index in [1.165, 1.54) is 161 Å². The zero-order chi connectivity index (χ0) is 44.8. The summed E-state index contributed by atoms with van der Waals surface area (Å²) >= 11 is 0. The van der Waals surface area contributed by atoms with Gasteiger partial charge < -0.3 is 40.3 Å². The highest BCUT2D eigenvalue weighted by Gasteiger charge is 2.49. The van der Waals surface area contributed by atoms with E-state index in [-0.39, 0.29) is 12.8 Å². The minimum Gasteiger partial charge on any atom is -0.394 e. The highest BCUT2D eigenvalue weighted by Crippen LogP contribution is 2.30. The number of unbranched alkanes of at least 4 members (excludes halogenated alkanes) is 33. The van der Waals surface area contributed by atoms with Crippen molar-refractivity contribution >= 4 is 5.91 Å². The van der Waals surface area contributed by atoms with Crippen LogP contribution in [0.15, 0.2) is 0 Å². The fraction of sp³-hybridized carbons (Fsp3) is 0.980. The van der Waals surface area contributed by atoms with Crippen molar-refractivity contribution in [2.75, 3.05) is 13.2 Å². The Morgan fingerprint density at radius 1 is 0.557 bits per heavy atom. The van der Waals surface area contributed by atoms with Gasteiger partial charge in [-0.25, -0.2) is 8.78 Å². The fourth-order valence-corrected chi connectivity index (χ4v) is 8.59. The van der Waals surface area contributed by atoms with E-state index < -0.39 is 67.9 Å². The van der Waals surface area contributed by atoms with Gasteiger partial charge in [-0.15, -0.1) is 0 Å². The van der Waals surface area contributed by atoms with Gasteiger partial charge in [-0.2, -0.15) is 0 Å². The van der Waals surface area contributed by atoms with Crippen molar-refractivity contribution < 1.29 is 48.6 Å². The Bertz CT molecular complexity index is 978. The molecule has 6 N–H and O–H groups in total. The predicted molar refractivity (Wildman–Crippen MR) is 245 cm³/mol. The van der Waals surface area contributed by atoms with E-state index in [2.05, 4.69) is 19.2 Å². The van der Waals surface area contributed by atoms with E-state index in [0.717, 1.165) is 51.4 Å². The molecule has 0 radical (unpaired) electrons. The molecule has 0 aromatic carbocycles. The third-order valence-electron chi connectivity index (χ3n) is 12.9.